The van der Waals surface area contributed by atoms with Gasteiger partial charge in [0.2, 0.25) is 5.95 Å². The van der Waals surface area contributed by atoms with Crippen molar-refractivity contribution in [3.05, 3.63) is 40.5 Å². The summed E-state index contributed by atoms with van der Waals surface area (Å²) in [6.07, 6.45) is 0. The average molecular weight is 310 g/mol. The summed E-state index contributed by atoms with van der Waals surface area (Å²) in [6, 6.07) is 6.06. The Labute approximate surface area is 122 Å². The number of rotatable bonds is 3. The molecule has 4 N–H and O–H groups in total. The fraction of sp³-hybridized carbons (Fsp3) is 0. The first kappa shape index (κ1) is 13.0. The van der Waals surface area contributed by atoms with Gasteiger partial charge in [0.15, 0.2) is 0 Å². The summed E-state index contributed by atoms with van der Waals surface area (Å²) in [5.74, 6) is 5.73. The molecule has 0 saturated heterocycles. The van der Waals surface area contributed by atoms with Crippen LogP contribution in [0.5, 0.6) is 0 Å². The van der Waals surface area contributed by atoms with Crippen molar-refractivity contribution in [2.45, 2.75) is 0 Å². The van der Waals surface area contributed by atoms with E-state index in [1.807, 2.05) is 11.4 Å². The molecule has 0 fully saturated rings. The molecule has 5 nitrogen and oxygen atoms in total. The molecule has 1 aromatic carbocycles. The molecule has 0 spiro atoms. The molecule has 20 heavy (non-hydrogen) atoms. The van der Waals surface area contributed by atoms with Crippen molar-refractivity contribution in [1.29, 1.82) is 0 Å². The van der Waals surface area contributed by atoms with Crippen LogP contribution in [-0.2, 0) is 0 Å². The number of halogens is 2. The molecule has 2 heterocycles. The Balaban J connectivity index is 2.07. The van der Waals surface area contributed by atoms with Gasteiger partial charge in [-0.1, -0.05) is 11.6 Å². The minimum atomic E-state index is -0.423. The Morgan fingerprint density at radius 2 is 2.10 bits per heavy atom. The largest absolute Gasteiger partial charge is 0.339 e. The summed E-state index contributed by atoms with van der Waals surface area (Å²) in [7, 11) is 0. The molecule has 0 bridgehead atoms. The highest BCUT2D eigenvalue weighted by molar-refractivity contribution is 7.16. The van der Waals surface area contributed by atoms with E-state index < -0.39 is 5.82 Å². The first-order valence-electron chi connectivity index (χ1n) is 5.60. The highest BCUT2D eigenvalue weighted by Gasteiger charge is 2.09. The van der Waals surface area contributed by atoms with Crippen LogP contribution in [0, 0.1) is 5.82 Å². The summed E-state index contributed by atoms with van der Waals surface area (Å²) in [4.78, 5) is 9.23. The first-order chi connectivity index (χ1) is 9.65. The lowest BCUT2D eigenvalue weighted by atomic mass is 10.3. The van der Waals surface area contributed by atoms with Gasteiger partial charge in [-0.3, -0.25) is 5.43 Å². The summed E-state index contributed by atoms with van der Waals surface area (Å²) in [5, 5.41) is 6.05. The number of benzene rings is 1. The van der Waals surface area contributed by atoms with E-state index in [2.05, 4.69) is 20.7 Å². The quantitative estimate of drug-likeness (QED) is 0.510. The van der Waals surface area contributed by atoms with Gasteiger partial charge < -0.3 is 5.32 Å². The van der Waals surface area contributed by atoms with Crippen LogP contribution in [0.3, 0.4) is 0 Å². The van der Waals surface area contributed by atoms with E-state index in [1.165, 1.54) is 23.5 Å². The van der Waals surface area contributed by atoms with Crippen molar-refractivity contribution in [2.24, 2.45) is 5.84 Å². The molecule has 0 aliphatic rings. The van der Waals surface area contributed by atoms with E-state index in [9.17, 15) is 4.39 Å². The van der Waals surface area contributed by atoms with Crippen LogP contribution in [0.25, 0.3) is 10.2 Å². The van der Waals surface area contributed by atoms with Crippen LogP contribution in [0.4, 0.5) is 21.8 Å². The number of nitrogens with two attached hydrogens (primary N) is 1. The standard InChI is InChI=1S/C12H9ClFN5S/c13-6-3-7(14)5-8(4-6)16-10-9-1-2-20-11(9)18-12(17-10)19-15/h1-5H,15H2,(H2,16,17,18,19). The predicted octanol–water partition coefficient (Wildman–Crippen LogP) is 3.51. The maximum absolute atomic E-state index is 13.3. The lowest BCUT2D eigenvalue weighted by molar-refractivity contribution is 0.628. The van der Waals surface area contributed by atoms with Crippen LogP contribution in [0.15, 0.2) is 29.6 Å². The van der Waals surface area contributed by atoms with Crippen LogP contribution in [0.1, 0.15) is 0 Å². The van der Waals surface area contributed by atoms with Gasteiger partial charge in [-0.25, -0.2) is 15.2 Å². The number of nitrogen functional groups attached to an aromatic ring is 1. The number of fused-ring (bicyclic) bond motifs is 1. The van der Waals surface area contributed by atoms with Crippen LogP contribution < -0.4 is 16.6 Å². The number of hydrogen-bond donors (Lipinski definition) is 3. The third-order valence-electron chi connectivity index (χ3n) is 2.58. The molecule has 0 saturated carbocycles. The smallest absolute Gasteiger partial charge is 0.240 e. The molecule has 3 aromatic rings. The van der Waals surface area contributed by atoms with E-state index in [-0.39, 0.29) is 5.95 Å². The van der Waals surface area contributed by atoms with Crippen molar-refractivity contribution in [1.82, 2.24) is 9.97 Å². The lowest BCUT2D eigenvalue weighted by Crippen LogP contribution is -2.11. The topological polar surface area (TPSA) is 75.9 Å². The molecule has 0 aliphatic carbocycles. The Kier molecular flexibility index (Phi) is 3.39. The Morgan fingerprint density at radius 1 is 1.25 bits per heavy atom. The van der Waals surface area contributed by atoms with E-state index >= 15 is 0 Å². The Hall–Kier alpha value is -1.96. The molecule has 102 valence electrons. The van der Waals surface area contributed by atoms with Crippen LogP contribution in [0.2, 0.25) is 5.02 Å². The van der Waals surface area contributed by atoms with E-state index in [0.717, 1.165) is 10.2 Å². The van der Waals surface area contributed by atoms with Gasteiger partial charge >= 0.3 is 0 Å². The minimum absolute atomic E-state index is 0.282. The predicted molar refractivity (Wildman–Crippen MR) is 79.9 cm³/mol. The van der Waals surface area contributed by atoms with Gasteiger partial charge in [-0.05, 0) is 29.6 Å². The molecule has 8 heteroatoms. The van der Waals surface area contributed by atoms with E-state index in [4.69, 9.17) is 17.4 Å². The second-order valence-electron chi connectivity index (χ2n) is 3.96. The molecule has 3 rings (SSSR count). The van der Waals surface area contributed by atoms with Crippen molar-refractivity contribution >= 4 is 50.6 Å². The van der Waals surface area contributed by atoms with Crippen molar-refractivity contribution in [3.8, 4) is 0 Å². The van der Waals surface area contributed by atoms with E-state index in [0.29, 0.717) is 16.5 Å². The first-order valence-corrected chi connectivity index (χ1v) is 6.86. The Morgan fingerprint density at radius 3 is 2.85 bits per heavy atom. The highest BCUT2D eigenvalue weighted by Crippen LogP contribution is 2.29. The second kappa shape index (κ2) is 5.20. The van der Waals surface area contributed by atoms with Crippen molar-refractivity contribution in [3.63, 3.8) is 0 Å². The fourth-order valence-corrected chi connectivity index (χ4v) is 2.76. The van der Waals surface area contributed by atoms with Gasteiger partial charge in [-0.15, -0.1) is 11.3 Å². The molecular weight excluding hydrogens is 301 g/mol. The third kappa shape index (κ3) is 2.51. The summed E-state index contributed by atoms with van der Waals surface area (Å²) < 4.78 is 13.3. The average Bonchev–Trinajstić information content (AvgIpc) is 2.85. The number of thiophene rings is 1. The van der Waals surface area contributed by atoms with Crippen LogP contribution >= 0.6 is 22.9 Å². The van der Waals surface area contributed by atoms with Gasteiger partial charge in [0.05, 0.1) is 5.39 Å². The summed E-state index contributed by atoms with van der Waals surface area (Å²) in [5.41, 5.74) is 2.91. The van der Waals surface area contributed by atoms with Gasteiger partial charge in [-0.2, -0.15) is 4.98 Å². The number of hydrogen-bond acceptors (Lipinski definition) is 6. The van der Waals surface area contributed by atoms with Crippen molar-refractivity contribution in [2.75, 3.05) is 10.7 Å². The van der Waals surface area contributed by atoms with Gasteiger partial charge in [0.25, 0.3) is 0 Å². The monoisotopic (exact) mass is 309 g/mol. The third-order valence-corrected chi connectivity index (χ3v) is 3.60. The zero-order chi connectivity index (χ0) is 14.1. The van der Waals surface area contributed by atoms with Gasteiger partial charge in [0, 0.05) is 10.7 Å². The van der Waals surface area contributed by atoms with E-state index in [1.54, 1.807) is 6.07 Å². The molecule has 2 aromatic heterocycles. The number of aromatic nitrogens is 2. The zero-order valence-corrected chi connectivity index (χ0v) is 11.6. The molecule has 0 amide bonds. The number of anilines is 3. The number of nitrogens with zero attached hydrogens (tertiary/aromatic N) is 2. The molecule has 0 aliphatic heterocycles. The van der Waals surface area contributed by atoms with Gasteiger partial charge in [0.1, 0.15) is 16.5 Å². The van der Waals surface area contributed by atoms with Crippen LogP contribution in [-0.4, -0.2) is 9.97 Å². The fourth-order valence-electron chi connectivity index (χ4n) is 1.78. The van der Waals surface area contributed by atoms with Crippen molar-refractivity contribution < 1.29 is 4.39 Å². The number of nitrogens with one attached hydrogen (secondary N) is 2. The molecule has 0 unspecified atom stereocenters. The molecule has 0 atom stereocenters. The normalized spacial score (nSPS) is 10.8. The maximum atomic E-state index is 13.3. The lowest BCUT2D eigenvalue weighted by Gasteiger charge is -2.09. The summed E-state index contributed by atoms with van der Waals surface area (Å²) in [6.45, 7) is 0. The Bertz CT molecular complexity index is 755. The maximum Gasteiger partial charge on any atom is 0.240 e. The summed E-state index contributed by atoms with van der Waals surface area (Å²) >= 11 is 7.29. The zero-order valence-electron chi connectivity index (χ0n) is 10.0. The molecular formula is C12H9ClFN5S. The SMILES string of the molecule is NNc1nc(Nc2cc(F)cc(Cl)c2)c2ccsc2n1. The highest BCUT2D eigenvalue weighted by atomic mass is 35.5. The second-order valence-corrected chi connectivity index (χ2v) is 5.29. The minimum Gasteiger partial charge on any atom is -0.339 e. The number of hydrazine groups is 1. The molecule has 0 radical (unpaired) electrons.